The molecule has 0 radical (unpaired) electrons. The van der Waals surface area contributed by atoms with Crippen LogP contribution in [0.2, 0.25) is 0 Å². The number of carbonyl (C=O) groups is 2. The number of carbonyl (C=O) groups excluding carboxylic acids is 1. The smallest absolute Gasteiger partial charge is 0.406 e. The summed E-state index contributed by atoms with van der Waals surface area (Å²) in [5.41, 5.74) is -0.0965. The molecule has 0 unspecified atom stereocenters. The van der Waals surface area contributed by atoms with E-state index in [0.717, 1.165) is 12.1 Å². The Morgan fingerprint density at radius 1 is 1.09 bits per heavy atom. The second-order valence-electron chi connectivity index (χ2n) is 4.74. The predicted molar refractivity (Wildman–Crippen MR) is 72.9 cm³/mol. The van der Waals surface area contributed by atoms with E-state index in [2.05, 4.69) is 0 Å². The third-order valence-corrected chi connectivity index (χ3v) is 2.96. The Kier molecular flexibility index (Phi) is 4.73. The fraction of sp³-hybridized carbons (Fsp3) is 0.200. The lowest BCUT2D eigenvalue weighted by Crippen LogP contribution is -2.38. The van der Waals surface area contributed by atoms with Crippen molar-refractivity contribution in [3.63, 3.8) is 0 Å². The van der Waals surface area contributed by atoms with Gasteiger partial charge in [0.25, 0.3) is 5.91 Å². The van der Waals surface area contributed by atoms with E-state index in [1.807, 2.05) is 0 Å². The predicted octanol–water partition coefficient (Wildman–Crippen LogP) is 3.18. The lowest BCUT2D eigenvalue weighted by atomic mass is 10.1. The van der Waals surface area contributed by atoms with Crippen molar-refractivity contribution in [1.29, 1.82) is 0 Å². The molecule has 8 heteroatoms. The second kappa shape index (κ2) is 6.55. The number of carboxylic acids is 1. The third-order valence-electron chi connectivity index (χ3n) is 2.96. The number of carboxylic acid groups (broad SMARTS) is 1. The molecule has 0 fully saturated rings. The summed E-state index contributed by atoms with van der Waals surface area (Å²) in [7, 11) is 0. The number of aromatic carboxylic acids is 1. The average Bonchev–Trinajstić information content (AvgIpc) is 2.97. The first-order valence-corrected chi connectivity index (χ1v) is 6.48. The van der Waals surface area contributed by atoms with Crippen LogP contribution in [-0.4, -0.2) is 34.6 Å². The molecule has 2 aromatic rings. The molecule has 1 aromatic carbocycles. The lowest BCUT2D eigenvalue weighted by Gasteiger charge is -2.23. The number of benzene rings is 1. The molecule has 1 heterocycles. The van der Waals surface area contributed by atoms with Crippen LogP contribution < -0.4 is 0 Å². The second-order valence-corrected chi connectivity index (χ2v) is 4.74. The highest BCUT2D eigenvalue weighted by atomic mass is 19.4. The molecule has 122 valence electrons. The summed E-state index contributed by atoms with van der Waals surface area (Å²) in [6, 6.07) is 7.65. The fourth-order valence-corrected chi connectivity index (χ4v) is 1.94. The molecule has 1 amide bonds. The van der Waals surface area contributed by atoms with Crippen molar-refractivity contribution in [3.8, 4) is 0 Å². The minimum atomic E-state index is -4.57. The van der Waals surface area contributed by atoms with Crippen LogP contribution in [0.1, 0.15) is 26.5 Å². The van der Waals surface area contributed by atoms with Crippen molar-refractivity contribution in [2.45, 2.75) is 12.7 Å². The normalized spacial score (nSPS) is 11.3. The quantitative estimate of drug-likeness (QED) is 0.915. The van der Waals surface area contributed by atoms with Gasteiger partial charge in [-0.3, -0.25) is 4.79 Å². The van der Waals surface area contributed by atoms with Gasteiger partial charge < -0.3 is 14.4 Å². The molecule has 23 heavy (non-hydrogen) atoms. The zero-order valence-electron chi connectivity index (χ0n) is 11.7. The van der Waals surface area contributed by atoms with Crippen LogP contribution in [0.15, 0.2) is 47.1 Å². The Morgan fingerprint density at radius 2 is 1.70 bits per heavy atom. The van der Waals surface area contributed by atoms with Crippen molar-refractivity contribution < 1.29 is 32.3 Å². The first-order chi connectivity index (χ1) is 10.8. The van der Waals surface area contributed by atoms with Crippen molar-refractivity contribution in [1.82, 2.24) is 4.90 Å². The van der Waals surface area contributed by atoms with Gasteiger partial charge in [0.1, 0.15) is 12.3 Å². The molecule has 0 aliphatic heterocycles. The van der Waals surface area contributed by atoms with Crippen molar-refractivity contribution in [2.24, 2.45) is 0 Å². The van der Waals surface area contributed by atoms with E-state index in [1.54, 1.807) is 0 Å². The van der Waals surface area contributed by atoms with Crippen molar-refractivity contribution in [2.75, 3.05) is 6.54 Å². The molecular formula is C15H12F3NO4. The van der Waals surface area contributed by atoms with Gasteiger partial charge in [-0.1, -0.05) is 0 Å². The zero-order chi connectivity index (χ0) is 17.0. The van der Waals surface area contributed by atoms with Crippen LogP contribution in [0.25, 0.3) is 0 Å². The summed E-state index contributed by atoms with van der Waals surface area (Å²) in [5, 5.41) is 8.79. The minimum absolute atomic E-state index is 0.0363. The van der Waals surface area contributed by atoms with Gasteiger partial charge in [0.15, 0.2) is 0 Å². The van der Waals surface area contributed by atoms with Crippen molar-refractivity contribution in [3.05, 3.63) is 59.5 Å². The van der Waals surface area contributed by atoms with E-state index in [1.165, 1.54) is 30.5 Å². The van der Waals surface area contributed by atoms with Gasteiger partial charge in [0, 0.05) is 5.56 Å². The molecule has 2 rings (SSSR count). The molecule has 0 atom stereocenters. The number of alkyl halides is 3. The van der Waals surface area contributed by atoms with Gasteiger partial charge in [0.05, 0.1) is 18.4 Å². The van der Waals surface area contributed by atoms with Crippen LogP contribution in [0, 0.1) is 0 Å². The lowest BCUT2D eigenvalue weighted by molar-refractivity contribution is -0.142. The van der Waals surface area contributed by atoms with Gasteiger partial charge >= 0.3 is 12.1 Å². The van der Waals surface area contributed by atoms with E-state index < -0.39 is 24.6 Å². The third kappa shape index (κ3) is 4.60. The summed E-state index contributed by atoms with van der Waals surface area (Å²) in [6.45, 7) is -1.78. The molecule has 0 saturated carbocycles. The summed E-state index contributed by atoms with van der Waals surface area (Å²) < 4.78 is 43.0. The van der Waals surface area contributed by atoms with E-state index in [4.69, 9.17) is 9.52 Å². The number of furan rings is 1. The molecule has 0 saturated heterocycles. The van der Waals surface area contributed by atoms with E-state index in [9.17, 15) is 22.8 Å². The van der Waals surface area contributed by atoms with Gasteiger partial charge in [-0.05, 0) is 36.4 Å². The number of nitrogens with zero attached hydrogens (tertiary/aromatic N) is 1. The number of rotatable bonds is 5. The molecule has 1 aromatic heterocycles. The number of hydrogen-bond acceptors (Lipinski definition) is 3. The summed E-state index contributed by atoms with van der Waals surface area (Å²) >= 11 is 0. The molecule has 0 bridgehead atoms. The van der Waals surface area contributed by atoms with Crippen LogP contribution >= 0.6 is 0 Å². The first kappa shape index (κ1) is 16.6. The summed E-state index contributed by atoms with van der Waals surface area (Å²) in [6.07, 6.45) is -3.27. The standard InChI is InChI=1S/C15H12F3NO4/c16-15(17,18)9-19(8-12-2-1-7-23-12)13(20)10-3-5-11(6-4-10)14(21)22/h1-7H,8-9H2,(H,21,22). The molecule has 5 nitrogen and oxygen atoms in total. The topological polar surface area (TPSA) is 70.8 Å². The van der Waals surface area contributed by atoms with Crippen molar-refractivity contribution >= 4 is 11.9 Å². The zero-order valence-corrected chi connectivity index (χ0v) is 11.7. The summed E-state index contributed by atoms with van der Waals surface area (Å²) in [5.74, 6) is -1.84. The maximum Gasteiger partial charge on any atom is 0.406 e. The fourth-order valence-electron chi connectivity index (χ4n) is 1.94. The maximum atomic E-state index is 12.7. The Labute approximate surface area is 128 Å². The highest BCUT2D eigenvalue weighted by Crippen LogP contribution is 2.20. The van der Waals surface area contributed by atoms with E-state index in [0.29, 0.717) is 4.90 Å². The molecular weight excluding hydrogens is 315 g/mol. The molecule has 0 aliphatic carbocycles. The summed E-state index contributed by atoms with van der Waals surface area (Å²) in [4.78, 5) is 23.6. The number of hydrogen-bond donors (Lipinski definition) is 1. The van der Waals surface area contributed by atoms with Crippen LogP contribution in [0.4, 0.5) is 13.2 Å². The van der Waals surface area contributed by atoms with Gasteiger partial charge in [0.2, 0.25) is 0 Å². The SMILES string of the molecule is O=C(O)c1ccc(C(=O)N(Cc2ccco2)CC(F)(F)F)cc1. The number of halogens is 3. The molecule has 1 N–H and O–H groups in total. The number of amides is 1. The van der Waals surface area contributed by atoms with Gasteiger partial charge in [-0.25, -0.2) is 4.79 Å². The van der Waals surface area contributed by atoms with Crippen LogP contribution in [0.5, 0.6) is 0 Å². The Balaban J connectivity index is 2.22. The molecule has 0 spiro atoms. The van der Waals surface area contributed by atoms with E-state index >= 15 is 0 Å². The largest absolute Gasteiger partial charge is 0.478 e. The van der Waals surface area contributed by atoms with E-state index in [-0.39, 0.29) is 23.4 Å². The Hall–Kier alpha value is -2.77. The monoisotopic (exact) mass is 327 g/mol. The first-order valence-electron chi connectivity index (χ1n) is 6.48. The van der Waals surface area contributed by atoms with Gasteiger partial charge in [-0.15, -0.1) is 0 Å². The Bertz CT molecular complexity index is 678. The average molecular weight is 327 g/mol. The van der Waals surface area contributed by atoms with Crippen LogP contribution in [-0.2, 0) is 6.54 Å². The van der Waals surface area contributed by atoms with Crippen LogP contribution in [0.3, 0.4) is 0 Å². The maximum absolute atomic E-state index is 12.7. The Morgan fingerprint density at radius 3 is 2.17 bits per heavy atom. The molecule has 0 aliphatic rings. The van der Waals surface area contributed by atoms with Gasteiger partial charge in [-0.2, -0.15) is 13.2 Å². The highest BCUT2D eigenvalue weighted by Gasteiger charge is 2.33. The minimum Gasteiger partial charge on any atom is -0.478 e. The highest BCUT2D eigenvalue weighted by molar-refractivity contribution is 5.95.